The first-order chi connectivity index (χ1) is 8.56. The van der Waals surface area contributed by atoms with Crippen molar-refractivity contribution in [2.75, 3.05) is 5.32 Å². The summed E-state index contributed by atoms with van der Waals surface area (Å²) in [5.74, 6) is 0.423. The maximum absolute atomic E-state index is 12.9. The minimum Gasteiger partial charge on any atom is -0.366 e. The summed E-state index contributed by atoms with van der Waals surface area (Å²) in [5.41, 5.74) is 2.17. The van der Waals surface area contributed by atoms with Crippen molar-refractivity contribution < 1.29 is 4.39 Å². The lowest BCUT2D eigenvalue weighted by atomic mass is 10.1. The predicted molar refractivity (Wildman–Crippen MR) is 68.8 cm³/mol. The van der Waals surface area contributed by atoms with Gasteiger partial charge in [-0.05, 0) is 18.1 Å². The van der Waals surface area contributed by atoms with Gasteiger partial charge in [-0.1, -0.05) is 19.9 Å². The Bertz CT molecular complexity index is 534. The van der Waals surface area contributed by atoms with E-state index in [0.717, 1.165) is 11.3 Å². The van der Waals surface area contributed by atoms with E-state index >= 15 is 0 Å². The van der Waals surface area contributed by atoms with Crippen LogP contribution in [-0.2, 0) is 13.6 Å². The van der Waals surface area contributed by atoms with Gasteiger partial charge in [-0.25, -0.2) is 4.98 Å². The molecule has 2 aromatic rings. The first kappa shape index (κ1) is 12.5. The van der Waals surface area contributed by atoms with Crippen LogP contribution >= 0.6 is 0 Å². The van der Waals surface area contributed by atoms with Crippen molar-refractivity contribution >= 4 is 5.82 Å². The molecule has 4 nitrogen and oxygen atoms in total. The Kier molecular flexibility index (Phi) is 3.60. The second kappa shape index (κ2) is 5.16. The molecule has 0 aliphatic heterocycles. The number of nitrogens with one attached hydrogen (secondary N) is 1. The largest absolute Gasteiger partial charge is 0.366 e. The monoisotopic (exact) mass is 248 g/mol. The van der Waals surface area contributed by atoms with E-state index in [-0.39, 0.29) is 0 Å². The number of aryl methyl sites for hydroxylation is 1. The number of hydrogen-bond donors (Lipinski definition) is 1. The van der Waals surface area contributed by atoms with Gasteiger partial charge in [0.15, 0.2) is 0 Å². The van der Waals surface area contributed by atoms with Gasteiger partial charge in [0.25, 0.3) is 0 Å². The van der Waals surface area contributed by atoms with Crippen LogP contribution in [0.4, 0.5) is 10.2 Å². The Balaban J connectivity index is 2.10. The fraction of sp³-hybridized carbons (Fsp3) is 0.385. The van der Waals surface area contributed by atoms with E-state index in [1.165, 1.54) is 6.07 Å². The summed E-state index contributed by atoms with van der Waals surface area (Å²) in [6.07, 6.45) is 1.97. The highest BCUT2D eigenvalue weighted by molar-refractivity contribution is 5.35. The molecular formula is C13H17FN4. The summed E-state index contributed by atoms with van der Waals surface area (Å²) < 4.78 is 14.7. The van der Waals surface area contributed by atoms with Crippen molar-refractivity contribution in [2.24, 2.45) is 7.05 Å². The first-order valence-electron chi connectivity index (χ1n) is 5.95. The van der Waals surface area contributed by atoms with Crippen LogP contribution < -0.4 is 5.32 Å². The van der Waals surface area contributed by atoms with Crippen molar-refractivity contribution in [3.8, 4) is 0 Å². The quantitative estimate of drug-likeness (QED) is 0.846. The van der Waals surface area contributed by atoms with Crippen molar-refractivity contribution in [1.82, 2.24) is 14.8 Å². The summed E-state index contributed by atoms with van der Waals surface area (Å²) in [6.45, 7) is 4.80. The van der Waals surface area contributed by atoms with Gasteiger partial charge in [0.2, 0.25) is 5.95 Å². The number of nitrogens with zero attached hydrogens (tertiary/aromatic N) is 3. The molecule has 18 heavy (non-hydrogen) atoms. The normalized spacial score (nSPS) is 10.9. The molecule has 0 unspecified atom stereocenters. The van der Waals surface area contributed by atoms with Gasteiger partial charge in [-0.2, -0.15) is 9.49 Å². The molecule has 2 rings (SSSR count). The van der Waals surface area contributed by atoms with Crippen molar-refractivity contribution in [2.45, 2.75) is 26.3 Å². The smallest absolute Gasteiger partial charge is 0.214 e. The van der Waals surface area contributed by atoms with Crippen LogP contribution in [-0.4, -0.2) is 14.8 Å². The molecule has 0 amide bonds. The van der Waals surface area contributed by atoms with E-state index in [1.807, 2.05) is 13.2 Å². The van der Waals surface area contributed by atoms with Gasteiger partial charge in [-0.15, -0.1) is 0 Å². The van der Waals surface area contributed by atoms with E-state index in [4.69, 9.17) is 0 Å². The highest BCUT2D eigenvalue weighted by Crippen LogP contribution is 2.18. The van der Waals surface area contributed by atoms with Crippen LogP contribution in [0.2, 0.25) is 0 Å². The number of anilines is 1. The van der Waals surface area contributed by atoms with E-state index < -0.39 is 5.95 Å². The van der Waals surface area contributed by atoms with Gasteiger partial charge < -0.3 is 5.32 Å². The fourth-order valence-corrected chi connectivity index (χ4v) is 1.87. The number of halogens is 1. The highest BCUT2D eigenvalue weighted by atomic mass is 19.1. The topological polar surface area (TPSA) is 42.7 Å². The lowest BCUT2D eigenvalue weighted by Gasteiger charge is -2.07. The lowest BCUT2D eigenvalue weighted by molar-refractivity contribution is 0.585. The van der Waals surface area contributed by atoms with Crippen molar-refractivity contribution in [3.63, 3.8) is 0 Å². The molecule has 2 heterocycles. The molecule has 0 aromatic carbocycles. The number of hydrogen-bond acceptors (Lipinski definition) is 3. The molecule has 5 heteroatoms. The molecular weight excluding hydrogens is 231 g/mol. The maximum atomic E-state index is 12.9. The van der Waals surface area contributed by atoms with E-state index in [0.29, 0.717) is 18.3 Å². The standard InChI is InChI=1S/C13H17FN4/c1-9(2)13-10(8-18(3)17-13)7-15-12-6-4-5-11(14)16-12/h4-6,8-9H,7H2,1-3H3,(H,15,16). The molecule has 0 saturated carbocycles. The van der Waals surface area contributed by atoms with Gasteiger partial charge in [0.05, 0.1) is 5.69 Å². The van der Waals surface area contributed by atoms with Crippen molar-refractivity contribution in [1.29, 1.82) is 0 Å². The zero-order chi connectivity index (χ0) is 13.1. The summed E-state index contributed by atoms with van der Waals surface area (Å²) in [4.78, 5) is 3.76. The average Bonchev–Trinajstić information content (AvgIpc) is 2.68. The van der Waals surface area contributed by atoms with Gasteiger partial charge in [0.1, 0.15) is 5.82 Å². The number of rotatable bonds is 4. The summed E-state index contributed by atoms with van der Waals surface area (Å²) >= 11 is 0. The summed E-state index contributed by atoms with van der Waals surface area (Å²) in [7, 11) is 1.90. The highest BCUT2D eigenvalue weighted by Gasteiger charge is 2.11. The SMILES string of the molecule is CC(C)c1nn(C)cc1CNc1cccc(F)n1. The second-order valence-electron chi connectivity index (χ2n) is 4.57. The van der Waals surface area contributed by atoms with Crippen LogP contribution in [0.25, 0.3) is 0 Å². The molecule has 0 aliphatic carbocycles. The fourth-order valence-electron chi connectivity index (χ4n) is 1.87. The molecule has 2 aromatic heterocycles. The van der Waals surface area contributed by atoms with Crippen LogP contribution in [0.1, 0.15) is 31.0 Å². The third kappa shape index (κ3) is 2.85. The molecule has 0 bridgehead atoms. The van der Waals surface area contributed by atoms with Gasteiger partial charge in [0, 0.05) is 25.4 Å². The Hall–Kier alpha value is -1.91. The summed E-state index contributed by atoms with van der Waals surface area (Å²) in [6, 6.07) is 4.71. The minimum atomic E-state index is -0.477. The van der Waals surface area contributed by atoms with E-state index in [9.17, 15) is 4.39 Å². The third-order valence-electron chi connectivity index (χ3n) is 2.66. The Labute approximate surface area is 106 Å². The molecule has 0 fully saturated rings. The number of aromatic nitrogens is 3. The molecule has 0 saturated heterocycles. The van der Waals surface area contributed by atoms with Crippen molar-refractivity contribution in [3.05, 3.63) is 41.6 Å². The van der Waals surface area contributed by atoms with E-state index in [2.05, 4.69) is 29.2 Å². The Morgan fingerprint density at radius 3 is 2.83 bits per heavy atom. The molecule has 1 N–H and O–H groups in total. The van der Waals surface area contributed by atoms with Crippen LogP contribution in [0, 0.1) is 5.95 Å². The molecule has 96 valence electrons. The molecule has 0 radical (unpaired) electrons. The van der Waals surface area contributed by atoms with Crippen LogP contribution in [0.5, 0.6) is 0 Å². The van der Waals surface area contributed by atoms with Gasteiger partial charge >= 0.3 is 0 Å². The van der Waals surface area contributed by atoms with Crippen LogP contribution in [0.3, 0.4) is 0 Å². The molecule has 0 atom stereocenters. The maximum Gasteiger partial charge on any atom is 0.214 e. The first-order valence-corrected chi connectivity index (χ1v) is 5.95. The third-order valence-corrected chi connectivity index (χ3v) is 2.66. The average molecular weight is 248 g/mol. The van der Waals surface area contributed by atoms with Gasteiger partial charge in [-0.3, -0.25) is 4.68 Å². The van der Waals surface area contributed by atoms with Crippen LogP contribution in [0.15, 0.2) is 24.4 Å². The Morgan fingerprint density at radius 2 is 2.17 bits per heavy atom. The second-order valence-corrected chi connectivity index (χ2v) is 4.57. The number of pyridine rings is 1. The zero-order valence-electron chi connectivity index (χ0n) is 10.8. The zero-order valence-corrected chi connectivity index (χ0v) is 10.8. The Morgan fingerprint density at radius 1 is 1.39 bits per heavy atom. The predicted octanol–water partition coefficient (Wildman–Crippen LogP) is 2.69. The minimum absolute atomic E-state index is 0.364. The summed E-state index contributed by atoms with van der Waals surface area (Å²) in [5, 5.41) is 7.53. The molecule has 0 spiro atoms. The lowest BCUT2D eigenvalue weighted by Crippen LogP contribution is -2.04. The molecule has 0 aliphatic rings. The van der Waals surface area contributed by atoms with E-state index in [1.54, 1.807) is 16.8 Å².